The molecule has 0 unspecified atom stereocenters. The highest BCUT2D eigenvalue weighted by Crippen LogP contribution is 2.43. The summed E-state index contributed by atoms with van der Waals surface area (Å²) in [5.41, 5.74) is -0.0651. The second-order valence-electron chi connectivity index (χ2n) is 4.23. The molecule has 0 aromatic heterocycles. The van der Waals surface area contributed by atoms with Gasteiger partial charge in [-0.05, 0) is 6.92 Å². The van der Waals surface area contributed by atoms with Crippen LogP contribution in [0.1, 0.15) is 27.7 Å². The first-order valence-electron chi connectivity index (χ1n) is 3.66. The van der Waals surface area contributed by atoms with Gasteiger partial charge in [-0.3, -0.25) is 0 Å². The Bertz CT molecular complexity index is 191. The molecule has 1 heterocycles. The molecule has 2 nitrogen and oxygen atoms in total. The van der Waals surface area contributed by atoms with Gasteiger partial charge in [-0.2, -0.15) is 0 Å². The first kappa shape index (κ1) is 8.85. The number of halogens is 1. The van der Waals surface area contributed by atoms with Crippen molar-refractivity contribution in [1.82, 2.24) is 0 Å². The monoisotopic (exact) mass is 176 g/mol. The van der Waals surface area contributed by atoms with Crippen molar-refractivity contribution in [3.05, 3.63) is 0 Å². The van der Waals surface area contributed by atoms with Gasteiger partial charge in [-0.1, -0.05) is 20.8 Å². The second kappa shape index (κ2) is 2.13. The fourth-order valence-corrected chi connectivity index (χ4v) is 1.79. The highest BCUT2D eigenvalue weighted by atomic mass is 35.5. The zero-order valence-electron chi connectivity index (χ0n) is 7.27. The van der Waals surface area contributed by atoms with Crippen molar-refractivity contribution in [2.75, 3.05) is 0 Å². The molecule has 1 rings (SSSR count). The van der Waals surface area contributed by atoms with Gasteiger partial charge >= 0.3 is 5.97 Å². The van der Waals surface area contributed by atoms with Crippen molar-refractivity contribution >= 4 is 17.6 Å². The van der Waals surface area contributed by atoms with E-state index in [-0.39, 0.29) is 17.5 Å². The average Bonchev–Trinajstić information content (AvgIpc) is 1.80. The number of alkyl halides is 1. The summed E-state index contributed by atoms with van der Waals surface area (Å²) in [6, 6.07) is 0. The minimum atomic E-state index is -0.807. The maximum Gasteiger partial charge on any atom is 0.331 e. The van der Waals surface area contributed by atoms with Gasteiger partial charge in [0.1, 0.15) is 6.10 Å². The van der Waals surface area contributed by atoms with Crippen LogP contribution in [0.5, 0.6) is 0 Å². The fraction of sp³-hybridized carbons (Fsp3) is 0.875. The molecule has 64 valence electrons. The van der Waals surface area contributed by atoms with Crippen LogP contribution in [-0.4, -0.2) is 16.9 Å². The summed E-state index contributed by atoms with van der Waals surface area (Å²) in [5, 5.41) is 0. The summed E-state index contributed by atoms with van der Waals surface area (Å²) in [4.78, 5) is 10.0. The second-order valence-corrected chi connectivity index (χ2v) is 5.01. The molecule has 0 spiro atoms. The molecule has 1 aliphatic heterocycles. The van der Waals surface area contributed by atoms with Gasteiger partial charge in [0.2, 0.25) is 0 Å². The lowest BCUT2D eigenvalue weighted by Gasteiger charge is -2.46. The number of esters is 1. The van der Waals surface area contributed by atoms with Gasteiger partial charge in [-0.25, -0.2) is 4.79 Å². The first-order valence-corrected chi connectivity index (χ1v) is 4.04. The van der Waals surface area contributed by atoms with Crippen molar-refractivity contribution in [1.29, 1.82) is 0 Å². The summed E-state index contributed by atoms with van der Waals surface area (Å²) >= 11 is 5.93. The molecule has 0 amide bonds. The predicted octanol–water partition coefficient (Wildman–Crippen LogP) is 1.96. The molecular formula is C8H13ClO2. The van der Waals surface area contributed by atoms with E-state index in [0.717, 1.165) is 0 Å². The molecule has 0 saturated carbocycles. The van der Waals surface area contributed by atoms with Gasteiger partial charge in [0.15, 0.2) is 4.87 Å². The molecule has 1 aliphatic rings. The molecule has 0 bridgehead atoms. The van der Waals surface area contributed by atoms with Crippen LogP contribution in [0.2, 0.25) is 0 Å². The topological polar surface area (TPSA) is 26.3 Å². The first-order chi connectivity index (χ1) is 4.76. The number of carbonyl (C=O) groups excluding carboxylic acids is 1. The Morgan fingerprint density at radius 2 is 2.00 bits per heavy atom. The van der Waals surface area contributed by atoms with E-state index in [2.05, 4.69) is 0 Å². The van der Waals surface area contributed by atoms with Crippen LogP contribution < -0.4 is 0 Å². The van der Waals surface area contributed by atoms with Crippen LogP contribution in [0.15, 0.2) is 0 Å². The lowest BCUT2D eigenvalue weighted by atomic mass is 9.78. The Kier molecular flexibility index (Phi) is 1.71. The van der Waals surface area contributed by atoms with E-state index < -0.39 is 4.87 Å². The van der Waals surface area contributed by atoms with Crippen molar-refractivity contribution in [3.8, 4) is 0 Å². The predicted molar refractivity (Wildman–Crippen MR) is 43.6 cm³/mol. The highest BCUT2D eigenvalue weighted by molar-refractivity contribution is 6.36. The lowest BCUT2D eigenvalue weighted by Crippen LogP contribution is -2.62. The maximum atomic E-state index is 10.9. The summed E-state index contributed by atoms with van der Waals surface area (Å²) in [7, 11) is 0. The smallest absolute Gasteiger partial charge is 0.331 e. The Morgan fingerprint density at radius 1 is 1.55 bits per heavy atom. The Labute approximate surface area is 71.9 Å². The summed E-state index contributed by atoms with van der Waals surface area (Å²) in [6.07, 6.45) is -0.163. The molecule has 11 heavy (non-hydrogen) atoms. The summed E-state index contributed by atoms with van der Waals surface area (Å²) < 4.78 is 4.95. The van der Waals surface area contributed by atoms with E-state index in [0.29, 0.717) is 0 Å². The molecule has 0 aromatic rings. The largest absolute Gasteiger partial charge is 0.458 e. The third kappa shape index (κ3) is 1.24. The number of ether oxygens (including phenoxy) is 1. The van der Waals surface area contributed by atoms with E-state index >= 15 is 0 Å². The maximum absolute atomic E-state index is 10.9. The Hall–Kier alpha value is -0.240. The fourth-order valence-electron chi connectivity index (χ4n) is 1.37. The van der Waals surface area contributed by atoms with E-state index in [1.54, 1.807) is 6.92 Å². The molecular weight excluding hydrogens is 164 g/mol. The molecule has 0 N–H and O–H groups in total. The van der Waals surface area contributed by atoms with Crippen LogP contribution in [0.3, 0.4) is 0 Å². The van der Waals surface area contributed by atoms with Crippen LogP contribution in [0.25, 0.3) is 0 Å². The normalized spacial score (nSPS) is 37.9. The summed E-state index contributed by atoms with van der Waals surface area (Å²) in [5.74, 6) is -0.306. The van der Waals surface area contributed by atoms with Crippen LogP contribution >= 0.6 is 11.6 Å². The van der Waals surface area contributed by atoms with E-state index in [1.165, 1.54) is 0 Å². The highest BCUT2D eigenvalue weighted by Gasteiger charge is 2.58. The third-order valence-corrected chi connectivity index (χ3v) is 2.26. The van der Waals surface area contributed by atoms with Crippen molar-refractivity contribution in [3.63, 3.8) is 0 Å². The minimum Gasteiger partial charge on any atom is -0.458 e. The molecule has 0 radical (unpaired) electrons. The number of hydrogen-bond acceptors (Lipinski definition) is 2. The SMILES string of the molecule is CC(C)(C)[C@@H]1OC(=O)[C@]1(C)Cl. The molecule has 3 heteroatoms. The molecule has 1 saturated heterocycles. The minimum absolute atomic E-state index is 0.0651. The number of hydrogen-bond donors (Lipinski definition) is 0. The molecule has 1 fully saturated rings. The zero-order valence-corrected chi connectivity index (χ0v) is 8.03. The zero-order chi connectivity index (χ0) is 8.86. The van der Waals surface area contributed by atoms with Crippen LogP contribution in [-0.2, 0) is 9.53 Å². The van der Waals surface area contributed by atoms with Crippen molar-refractivity contribution < 1.29 is 9.53 Å². The van der Waals surface area contributed by atoms with E-state index in [1.807, 2.05) is 20.8 Å². The molecule has 0 aliphatic carbocycles. The van der Waals surface area contributed by atoms with Crippen molar-refractivity contribution in [2.24, 2.45) is 5.41 Å². The average molecular weight is 177 g/mol. The van der Waals surface area contributed by atoms with Gasteiger partial charge in [0.05, 0.1) is 0 Å². The van der Waals surface area contributed by atoms with Crippen molar-refractivity contribution in [2.45, 2.75) is 38.7 Å². The van der Waals surface area contributed by atoms with Gasteiger partial charge in [0, 0.05) is 5.41 Å². The number of cyclic esters (lactones) is 1. The quantitative estimate of drug-likeness (QED) is 0.417. The standard InChI is InChI=1S/C8H13ClO2/c1-7(2,3)5-8(4,9)6(10)11-5/h5H,1-4H3/t5-,8+/m0/s1. The number of carbonyl (C=O) groups is 1. The number of rotatable bonds is 0. The van der Waals surface area contributed by atoms with E-state index in [9.17, 15) is 4.79 Å². The summed E-state index contributed by atoms with van der Waals surface area (Å²) in [6.45, 7) is 7.72. The lowest BCUT2D eigenvalue weighted by molar-refractivity contribution is -0.190. The van der Waals surface area contributed by atoms with Crippen LogP contribution in [0.4, 0.5) is 0 Å². The molecule has 2 atom stereocenters. The third-order valence-electron chi connectivity index (χ3n) is 1.90. The Morgan fingerprint density at radius 3 is 2.09 bits per heavy atom. The van der Waals surface area contributed by atoms with Gasteiger partial charge in [-0.15, -0.1) is 11.6 Å². The van der Waals surface area contributed by atoms with E-state index in [4.69, 9.17) is 16.3 Å². The van der Waals surface area contributed by atoms with Gasteiger partial charge < -0.3 is 4.74 Å². The van der Waals surface area contributed by atoms with Crippen LogP contribution in [0, 0.1) is 5.41 Å². The molecule has 0 aromatic carbocycles. The Balaban J connectivity index is 2.75. The van der Waals surface area contributed by atoms with Gasteiger partial charge in [0.25, 0.3) is 0 Å².